The van der Waals surface area contributed by atoms with Crippen LogP contribution in [0.5, 0.6) is 0 Å². The van der Waals surface area contributed by atoms with Crippen molar-refractivity contribution in [2.24, 2.45) is 5.73 Å². The van der Waals surface area contributed by atoms with E-state index in [-0.39, 0.29) is 11.5 Å². The van der Waals surface area contributed by atoms with Gasteiger partial charge in [-0.3, -0.25) is 9.63 Å². The van der Waals surface area contributed by atoms with Gasteiger partial charge in [0.15, 0.2) is 5.82 Å². The normalized spacial score (nSPS) is 9.30. The van der Waals surface area contributed by atoms with Crippen molar-refractivity contribution >= 4 is 23.5 Å². The highest BCUT2D eigenvalue weighted by Crippen LogP contribution is 2.08. The van der Waals surface area contributed by atoms with Gasteiger partial charge in [0.2, 0.25) is 0 Å². The van der Waals surface area contributed by atoms with Crippen LogP contribution >= 0.6 is 11.8 Å². The van der Waals surface area contributed by atoms with Crippen molar-refractivity contribution in [3.8, 4) is 0 Å². The predicted octanol–water partition coefficient (Wildman–Crippen LogP) is 0.0743. The Kier molecular flexibility index (Phi) is 1.77. The Morgan fingerprint density at radius 2 is 2.60 bits per heavy atom. The number of hydrogen-bond donors (Lipinski definition) is 3. The van der Waals surface area contributed by atoms with E-state index in [1.807, 2.05) is 0 Å². The lowest BCUT2D eigenvalue weighted by Crippen LogP contribution is -2.12. The maximum atomic E-state index is 10.5. The first-order chi connectivity index (χ1) is 4.75. The summed E-state index contributed by atoms with van der Waals surface area (Å²) >= 11 is 5.18. The topological polar surface area (TPSA) is 83.8 Å². The number of nitrogens with zero attached hydrogens (tertiary/aromatic N) is 1. The van der Waals surface area contributed by atoms with E-state index < -0.39 is 5.91 Å². The van der Waals surface area contributed by atoms with E-state index in [1.54, 1.807) is 0 Å². The molecule has 10 heavy (non-hydrogen) atoms. The standard InChI is InChI=1S/C4H5ClN4O/c5-9-4-2(3(6)10)7-1-8-4/h1,9H,(H2,6,10)(H,7,8). The third kappa shape index (κ3) is 1.03. The van der Waals surface area contributed by atoms with Gasteiger partial charge in [-0.2, -0.15) is 0 Å². The van der Waals surface area contributed by atoms with E-state index in [1.165, 1.54) is 6.33 Å². The number of rotatable bonds is 2. The number of halogens is 1. The molecule has 0 spiro atoms. The van der Waals surface area contributed by atoms with E-state index in [0.717, 1.165) is 0 Å². The van der Waals surface area contributed by atoms with Crippen LogP contribution in [0.25, 0.3) is 0 Å². The summed E-state index contributed by atoms with van der Waals surface area (Å²) in [5, 5.41) is 0. The molecule has 0 fully saturated rings. The molecular formula is C4H5ClN4O. The second-order valence-corrected chi connectivity index (χ2v) is 1.77. The van der Waals surface area contributed by atoms with Crippen molar-refractivity contribution in [3.63, 3.8) is 0 Å². The number of amides is 1. The number of primary amides is 1. The Labute approximate surface area is 61.7 Å². The van der Waals surface area contributed by atoms with E-state index in [4.69, 9.17) is 17.5 Å². The quantitative estimate of drug-likeness (QED) is 0.536. The van der Waals surface area contributed by atoms with Gasteiger partial charge in [-0.1, -0.05) is 0 Å². The second kappa shape index (κ2) is 2.57. The van der Waals surface area contributed by atoms with Crippen LogP contribution in [0.3, 0.4) is 0 Å². The zero-order valence-electron chi connectivity index (χ0n) is 4.89. The molecule has 6 heteroatoms. The number of aromatic nitrogens is 2. The van der Waals surface area contributed by atoms with Gasteiger partial charge in [-0.05, 0) is 0 Å². The molecule has 0 aliphatic heterocycles. The highest BCUT2D eigenvalue weighted by atomic mass is 35.5. The summed E-state index contributed by atoms with van der Waals surface area (Å²) in [5.41, 5.74) is 5.10. The molecule has 1 rings (SSSR count). The van der Waals surface area contributed by atoms with Gasteiger partial charge in [0.1, 0.15) is 5.69 Å². The summed E-state index contributed by atoms with van der Waals surface area (Å²) < 4.78 is 0. The molecule has 1 aromatic heterocycles. The monoisotopic (exact) mass is 160 g/mol. The Bertz CT molecular complexity index is 245. The summed E-state index contributed by atoms with van der Waals surface area (Å²) in [5.74, 6) is -0.352. The van der Waals surface area contributed by atoms with Crippen molar-refractivity contribution in [3.05, 3.63) is 12.0 Å². The van der Waals surface area contributed by atoms with Crippen molar-refractivity contribution in [1.82, 2.24) is 9.97 Å². The van der Waals surface area contributed by atoms with Crippen LogP contribution in [0.2, 0.25) is 0 Å². The SMILES string of the molecule is NC(=O)c1[nH]cnc1NCl. The van der Waals surface area contributed by atoms with Crippen molar-refractivity contribution in [2.45, 2.75) is 0 Å². The molecule has 0 aliphatic carbocycles. The van der Waals surface area contributed by atoms with Gasteiger partial charge < -0.3 is 10.7 Å². The molecule has 0 unspecified atom stereocenters. The van der Waals surface area contributed by atoms with E-state index in [0.29, 0.717) is 0 Å². The zero-order chi connectivity index (χ0) is 7.56. The lowest BCUT2D eigenvalue weighted by atomic mass is 10.4. The fraction of sp³-hybridized carbons (Fsp3) is 0. The first-order valence-electron chi connectivity index (χ1n) is 2.45. The summed E-state index contributed by atoms with van der Waals surface area (Å²) in [6, 6.07) is 0. The van der Waals surface area contributed by atoms with E-state index in [9.17, 15) is 4.79 Å². The Morgan fingerprint density at radius 3 is 3.00 bits per heavy atom. The average molecular weight is 161 g/mol. The molecule has 0 bridgehead atoms. The number of anilines is 1. The molecular weight excluding hydrogens is 156 g/mol. The summed E-state index contributed by atoms with van der Waals surface area (Å²) in [4.78, 5) is 18.9. The van der Waals surface area contributed by atoms with Gasteiger partial charge in [0, 0.05) is 11.8 Å². The van der Waals surface area contributed by atoms with E-state index in [2.05, 4.69) is 14.8 Å². The number of nitrogens with two attached hydrogens (primary N) is 1. The highest BCUT2D eigenvalue weighted by molar-refractivity contribution is 6.24. The number of nitrogens with one attached hydrogen (secondary N) is 2. The second-order valence-electron chi connectivity index (χ2n) is 1.58. The highest BCUT2D eigenvalue weighted by Gasteiger charge is 2.08. The lowest BCUT2D eigenvalue weighted by Gasteiger charge is -1.92. The van der Waals surface area contributed by atoms with Crippen LogP contribution in [0.15, 0.2) is 6.33 Å². The minimum atomic E-state index is -0.597. The van der Waals surface area contributed by atoms with Crippen LogP contribution < -0.4 is 10.6 Å². The van der Waals surface area contributed by atoms with Gasteiger partial charge in [-0.25, -0.2) is 4.98 Å². The molecule has 0 aromatic carbocycles. The zero-order valence-corrected chi connectivity index (χ0v) is 5.64. The van der Waals surface area contributed by atoms with Gasteiger partial charge in [0.05, 0.1) is 6.33 Å². The molecule has 4 N–H and O–H groups in total. The van der Waals surface area contributed by atoms with E-state index >= 15 is 0 Å². The maximum Gasteiger partial charge on any atom is 0.269 e. The molecule has 0 atom stereocenters. The van der Waals surface area contributed by atoms with Crippen LogP contribution in [0.1, 0.15) is 10.5 Å². The largest absolute Gasteiger partial charge is 0.364 e. The van der Waals surface area contributed by atoms with Crippen molar-refractivity contribution in [2.75, 3.05) is 4.84 Å². The van der Waals surface area contributed by atoms with Gasteiger partial charge in [0.25, 0.3) is 5.91 Å². The molecule has 0 radical (unpaired) electrons. The molecule has 0 aliphatic rings. The maximum absolute atomic E-state index is 10.5. The molecule has 0 saturated carbocycles. The molecule has 1 aromatic rings. The third-order valence-corrected chi connectivity index (χ3v) is 1.15. The summed E-state index contributed by atoms with van der Waals surface area (Å²) in [6.07, 6.45) is 1.32. The molecule has 5 nitrogen and oxygen atoms in total. The van der Waals surface area contributed by atoms with Crippen LogP contribution in [0.4, 0.5) is 5.82 Å². The smallest absolute Gasteiger partial charge is 0.269 e. The fourth-order valence-electron chi connectivity index (χ4n) is 0.554. The number of aromatic amines is 1. The predicted molar refractivity (Wildman–Crippen MR) is 36.6 cm³/mol. The van der Waals surface area contributed by atoms with Crippen LogP contribution in [-0.2, 0) is 0 Å². The lowest BCUT2D eigenvalue weighted by molar-refractivity contribution is 0.0997. The average Bonchev–Trinajstić information content (AvgIpc) is 2.33. The third-order valence-electron chi connectivity index (χ3n) is 0.975. The summed E-state index contributed by atoms with van der Waals surface area (Å²) in [6.45, 7) is 0. The van der Waals surface area contributed by atoms with Gasteiger partial charge in [-0.15, -0.1) is 0 Å². The molecule has 1 amide bonds. The Morgan fingerprint density at radius 1 is 1.90 bits per heavy atom. The van der Waals surface area contributed by atoms with Crippen LogP contribution in [0, 0.1) is 0 Å². The number of hydrogen-bond acceptors (Lipinski definition) is 3. The first-order valence-corrected chi connectivity index (χ1v) is 2.83. The first kappa shape index (κ1) is 6.88. The Balaban J connectivity index is 3.01. The summed E-state index contributed by atoms with van der Waals surface area (Å²) in [7, 11) is 0. The van der Waals surface area contributed by atoms with Crippen molar-refractivity contribution < 1.29 is 4.79 Å². The number of carbonyl (C=O) groups is 1. The number of carbonyl (C=O) groups excluding carboxylic acids is 1. The number of H-pyrrole nitrogens is 1. The Hall–Kier alpha value is -1.23. The van der Waals surface area contributed by atoms with Gasteiger partial charge >= 0.3 is 0 Å². The molecule has 0 saturated heterocycles. The van der Waals surface area contributed by atoms with Crippen LogP contribution in [-0.4, -0.2) is 15.9 Å². The fourth-order valence-corrected chi connectivity index (χ4v) is 0.697. The molecule has 54 valence electrons. The van der Waals surface area contributed by atoms with Crippen molar-refractivity contribution in [1.29, 1.82) is 0 Å². The minimum Gasteiger partial charge on any atom is -0.364 e. The molecule has 1 heterocycles. The number of imidazole rings is 1. The minimum absolute atomic E-state index is 0.176.